The van der Waals surface area contributed by atoms with E-state index in [1.165, 1.54) is 0 Å². The minimum Gasteiger partial charge on any atom is -0.385 e. The van der Waals surface area contributed by atoms with Crippen LogP contribution < -0.4 is 15.5 Å². The summed E-state index contributed by atoms with van der Waals surface area (Å²) in [5.41, 5.74) is 1.49. The van der Waals surface area contributed by atoms with E-state index in [-0.39, 0.29) is 5.82 Å². The van der Waals surface area contributed by atoms with Crippen molar-refractivity contribution < 1.29 is 13.9 Å². The number of methoxy groups -OCH3 is 1. The molecular weight excluding hydrogens is 323 g/mol. The highest BCUT2D eigenvalue weighted by Gasteiger charge is 2.15. The molecule has 0 unspecified atom stereocenters. The third kappa shape index (κ3) is 6.51. The fourth-order valence-corrected chi connectivity index (χ4v) is 2.64. The average molecular weight is 352 g/mol. The van der Waals surface area contributed by atoms with Crippen LogP contribution in [0.5, 0.6) is 0 Å². The van der Waals surface area contributed by atoms with Gasteiger partial charge in [0.2, 0.25) is 0 Å². The zero-order valence-corrected chi connectivity index (χ0v) is 15.2. The van der Waals surface area contributed by atoms with Gasteiger partial charge in [0, 0.05) is 39.9 Å². The van der Waals surface area contributed by atoms with Crippen LogP contribution in [0, 0.1) is 5.82 Å². The highest BCUT2D eigenvalue weighted by atomic mass is 19.1. The Morgan fingerprint density at radius 1 is 1.32 bits per heavy atom. The van der Waals surface area contributed by atoms with Gasteiger partial charge in [-0.3, -0.25) is 0 Å². The molecular formula is C18H29FN4O2. The van der Waals surface area contributed by atoms with Crippen LogP contribution in [-0.2, 0) is 16.0 Å². The average Bonchev–Trinajstić information content (AvgIpc) is 2.64. The number of benzene rings is 1. The lowest BCUT2D eigenvalue weighted by atomic mass is 10.1. The van der Waals surface area contributed by atoms with E-state index in [1.54, 1.807) is 13.2 Å². The number of nitrogens with one attached hydrogen (secondary N) is 2. The molecule has 6 nitrogen and oxygen atoms in total. The fraction of sp³-hybridized carbons (Fsp3) is 0.611. The summed E-state index contributed by atoms with van der Waals surface area (Å²) in [5.74, 6) is 0.531. The Kier molecular flexibility index (Phi) is 8.48. The van der Waals surface area contributed by atoms with E-state index in [4.69, 9.17) is 9.47 Å². The molecule has 0 amide bonds. The second kappa shape index (κ2) is 10.9. The van der Waals surface area contributed by atoms with E-state index in [0.29, 0.717) is 32.1 Å². The van der Waals surface area contributed by atoms with Gasteiger partial charge in [-0.25, -0.2) is 9.38 Å². The summed E-state index contributed by atoms with van der Waals surface area (Å²) in [6.45, 7) is 7.46. The predicted molar refractivity (Wildman–Crippen MR) is 98.7 cm³/mol. The zero-order chi connectivity index (χ0) is 17.9. The van der Waals surface area contributed by atoms with Crippen molar-refractivity contribution in [2.75, 3.05) is 58.0 Å². The van der Waals surface area contributed by atoms with Gasteiger partial charge in [0.15, 0.2) is 5.96 Å². The number of halogens is 1. The number of aliphatic imine (C=N–C) groups is 1. The molecule has 0 radical (unpaired) electrons. The Labute approximate surface area is 149 Å². The Bertz CT molecular complexity index is 548. The first kappa shape index (κ1) is 19.5. The smallest absolute Gasteiger partial charge is 0.191 e. The van der Waals surface area contributed by atoms with E-state index in [0.717, 1.165) is 44.1 Å². The SMILES string of the molecule is CCNC(=NCc1ccc(N2CCOCC2)c(F)c1)NCCCOC. The molecule has 2 N–H and O–H groups in total. The van der Waals surface area contributed by atoms with Gasteiger partial charge in [-0.05, 0) is 31.0 Å². The van der Waals surface area contributed by atoms with Gasteiger partial charge in [0.1, 0.15) is 5.82 Å². The van der Waals surface area contributed by atoms with Gasteiger partial charge in [0.05, 0.1) is 25.4 Å². The minimum atomic E-state index is -0.201. The monoisotopic (exact) mass is 352 g/mol. The van der Waals surface area contributed by atoms with Crippen molar-refractivity contribution in [1.29, 1.82) is 0 Å². The molecule has 0 bridgehead atoms. The summed E-state index contributed by atoms with van der Waals surface area (Å²) in [7, 11) is 1.69. The first-order chi connectivity index (χ1) is 12.2. The van der Waals surface area contributed by atoms with E-state index in [2.05, 4.69) is 15.6 Å². The van der Waals surface area contributed by atoms with Gasteiger partial charge in [-0.2, -0.15) is 0 Å². The number of rotatable bonds is 8. The second-order valence-electron chi connectivity index (χ2n) is 5.85. The number of hydrogen-bond acceptors (Lipinski definition) is 4. The molecule has 0 atom stereocenters. The quantitative estimate of drug-likeness (QED) is 0.424. The summed E-state index contributed by atoms with van der Waals surface area (Å²) in [6, 6.07) is 5.35. The van der Waals surface area contributed by atoms with E-state index in [9.17, 15) is 4.39 Å². The van der Waals surface area contributed by atoms with Crippen molar-refractivity contribution in [3.63, 3.8) is 0 Å². The molecule has 140 valence electrons. The maximum absolute atomic E-state index is 14.4. The van der Waals surface area contributed by atoms with E-state index >= 15 is 0 Å². The van der Waals surface area contributed by atoms with Crippen LogP contribution >= 0.6 is 0 Å². The van der Waals surface area contributed by atoms with Gasteiger partial charge in [-0.1, -0.05) is 6.07 Å². The topological polar surface area (TPSA) is 58.1 Å². The van der Waals surface area contributed by atoms with Crippen molar-refractivity contribution in [2.45, 2.75) is 19.9 Å². The van der Waals surface area contributed by atoms with Crippen molar-refractivity contribution in [2.24, 2.45) is 4.99 Å². The third-order valence-corrected chi connectivity index (χ3v) is 3.95. The van der Waals surface area contributed by atoms with E-state index < -0.39 is 0 Å². The lowest BCUT2D eigenvalue weighted by Crippen LogP contribution is -2.38. The van der Waals surface area contributed by atoms with Crippen LogP contribution in [-0.4, -0.2) is 59.1 Å². The molecule has 0 aromatic heterocycles. The number of hydrogen-bond donors (Lipinski definition) is 2. The van der Waals surface area contributed by atoms with Crippen molar-refractivity contribution in [3.8, 4) is 0 Å². The molecule has 1 aliphatic heterocycles. The van der Waals surface area contributed by atoms with Gasteiger partial charge >= 0.3 is 0 Å². The molecule has 0 saturated carbocycles. The number of anilines is 1. The molecule has 25 heavy (non-hydrogen) atoms. The van der Waals surface area contributed by atoms with Crippen LogP contribution in [0.15, 0.2) is 23.2 Å². The minimum absolute atomic E-state index is 0.201. The molecule has 1 aromatic rings. The van der Waals surface area contributed by atoms with Crippen LogP contribution in [0.2, 0.25) is 0 Å². The molecule has 2 rings (SSSR count). The van der Waals surface area contributed by atoms with Crippen molar-refractivity contribution >= 4 is 11.6 Å². The van der Waals surface area contributed by atoms with Crippen molar-refractivity contribution in [3.05, 3.63) is 29.6 Å². The molecule has 1 heterocycles. The molecule has 1 aliphatic rings. The summed E-state index contributed by atoms with van der Waals surface area (Å²) < 4.78 is 24.8. The summed E-state index contributed by atoms with van der Waals surface area (Å²) in [5, 5.41) is 6.44. The Morgan fingerprint density at radius 3 is 2.80 bits per heavy atom. The van der Waals surface area contributed by atoms with Crippen LogP contribution in [0.25, 0.3) is 0 Å². The molecule has 7 heteroatoms. The van der Waals surface area contributed by atoms with Crippen LogP contribution in [0.4, 0.5) is 10.1 Å². The Balaban J connectivity index is 1.94. The van der Waals surface area contributed by atoms with Gasteiger partial charge in [-0.15, -0.1) is 0 Å². The molecule has 0 aliphatic carbocycles. The maximum Gasteiger partial charge on any atom is 0.191 e. The first-order valence-corrected chi connectivity index (χ1v) is 8.86. The lowest BCUT2D eigenvalue weighted by molar-refractivity contribution is 0.122. The molecule has 1 saturated heterocycles. The second-order valence-corrected chi connectivity index (χ2v) is 5.85. The number of guanidine groups is 1. The van der Waals surface area contributed by atoms with E-state index in [1.807, 2.05) is 24.0 Å². The van der Waals surface area contributed by atoms with Crippen LogP contribution in [0.1, 0.15) is 18.9 Å². The summed E-state index contributed by atoms with van der Waals surface area (Å²) in [4.78, 5) is 6.54. The Morgan fingerprint density at radius 2 is 2.12 bits per heavy atom. The molecule has 0 spiro atoms. The van der Waals surface area contributed by atoms with Crippen LogP contribution in [0.3, 0.4) is 0 Å². The standard InChI is InChI=1S/C18H29FN4O2/c1-3-20-18(21-7-4-10-24-2)22-14-15-5-6-17(16(19)13-15)23-8-11-25-12-9-23/h5-6,13H,3-4,7-12,14H2,1-2H3,(H2,20,21,22). The number of morpholine rings is 1. The Hall–Kier alpha value is -1.86. The first-order valence-electron chi connectivity index (χ1n) is 8.86. The highest BCUT2D eigenvalue weighted by Crippen LogP contribution is 2.21. The third-order valence-electron chi connectivity index (χ3n) is 3.95. The number of nitrogens with zero attached hydrogens (tertiary/aromatic N) is 2. The maximum atomic E-state index is 14.4. The summed E-state index contributed by atoms with van der Waals surface area (Å²) in [6.07, 6.45) is 0.907. The van der Waals surface area contributed by atoms with Crippen molar-refractivity contribution in [1.82, 2.24) is 10.6 Å². The van der Waals surface area contributed by atoms with Gasteiger partial charge < -0.3 is 25.0 Å². The normalized spacial score (nSPS) is 15.3. The highest BCUT2D eigenvalue weighted by molar-refractivity contribution is 5.79. The predicted octanol–water partition coefficient (Wildman–Crippen LogP) is 1.75. The number of ether oxygens (including phenoxy) is 2. The summed E-state index contributed by atoms with van der Waals surface area (Å²) >= 11 is 0. The zero-order valence-electron chi connectivity index (χ0n) is 15.2. The molecule has 1 aromatic carbocycles. The van der Waals surface area contributed by atoms with Gasteiger partial charge in [0.25, 0.3) is 0 Å². The fourth-order valence-electron chi connectivity index (χ4n) is 2.64. The molecule has 1 fully saturated rings. The lowest BCUT2D eigenvalue weighted by Gasteiger charge is -2.29. The largest absolute Gasteiger partial charge is 0.385 e.